The van der Waals surface area contributed by atoms with Gasteiger partial charge in [0.1, 0.15) is 0 Å². The third kappa shape index (κ3) is 2.81. The Balaban J connectivity index is 2.02. The standard InChI is InChI=1S/C18H17Cl2N/c1-12(2)13-6-7-18-14(10-13)8-9-21(18)11-15-16(19)4-3-5-17(15)20/h3-10,12H,11H2,1-2H3. The molecule has 108 valence electrons. The monoisotopic (exact) mass is 317 g/mol. The second kappa shape index (κ2) is 5.75. The molecule has 2 aromatic carbocycles. The number of hydrogen-bond acceptors (Lipinski definition) is 0. The Morgan fingerprint density at radius 3 is 2.38 bits per heavy atom. The van der Waals surface area contributed by atoms with Crippen molar-refractivity contribution in [3.63, 3.8) is 0 Å². The van der Waals surface area contributed by atoms with Crippen molar-refractivity contribution >= 4 is 34.1 Å². The smallest absolute Gasteiger partial charge is 0.0505 e. The fraction of sp³-hybridized carbons (Fsp3) is 0.222. The van der Waals surface area contributed by atoms with E-state index in [1.165, 1.54) is 16.5 Å². The van der Waals surface area contributed by atoms with Crippen LogP contribution in [0.5, 0.6) is 0 Å². The molecule has 0 spiro atoms. The first-order chi connectivity index (χ1) is 10.1. The lowest BCUT2D eigenvalue weighted by Gasteiger charge is -2.10. The summed E-state index contributed by atoms with van der Waals surface area (Å²) in [6.07, 6.45) is 2.09. The fourth-order valence-corrected chi connectivity index (χ4v) is 3.09. The van der Waals surface area contributed by atoms with Gasteiger partial charge < -0.3 is 4.57 Å². The van der Waals surface area contributed by atoms with Gasteiger partial charge in [0.25, 0.3) is 0 Å². The van der Waals surface area contributed by atoms with E-state index >= 15 is 0 Å². The zero-order valence-corrected chi connectivity index (χ0v) is 13.6. The van der Waals surface area contributed by atoms with Gasteiger partial charge in [-0.3, -0.25) is 0 Å². The molecule has 3 aromatic rings. The minimum atomic E-state index is 0.538. The first kappa shape index (κ1) is 14.5. The molecule has 3 heteroatoms. The second-order valence-electron chi connectivity index (χ2n) is 5.62. The molecule has 0 saturated carbocycles. The van der Waals surface area contributed by atoms with Crippen LogP contribution >= 0.6 is 23.2 Å². The summed E-state index contributed by atoms with van der Waals surface area (Å²) in [5.41, 5.74) is 3.53. The molecule has 0 aliphatic heterocycles. The van der Waals surface area contributed by atoms with Crippen LogP contribution in [0.25, 0.3) is 10.9 Å². The highest BCUT2D eigenvalue weighted by Gasteiger charge is 2.09. The summed E-state index contributed by atoms with van der Waals surface area (Å²) in [7, 11) is 0. The summed E-state index contributed by atoms with van der Waals surface area (Å²) in [6.45, 7) is 5.10. The van der Waals surface area contributed by atoms with Crippen LogP contribution in [0.4, 0.5) is 0 Å². The van der Waals surface area contributed by atoms with Crippen molar-refractivity contribution in [2.24, 2.45) is 0 Å². The molecule has 0 N–H and O–H groups in total. The number of fused-ring (bicyclic) bond motifs is 1. The molecule has 0 radical (unpaired) electrons. The molecule has 0 amide bonds. The maximum Gasteiger partial charge on any atom is 0.0505 e. The molecule has 3 rings (SSSR count). The zero-order valence-electron chi connectivity index (χ0n) is 12.1. The number of halogens is 2. The number of aromatic nitrogens is 1. The van der Waals surface area contributed by atoms with Gasteiger partial charge in [0.05, 0.1) is 6.54 Å². The van der Waals surface area contributed by atoms with Crippen LogP contribution in [-0.4, -0.2) is 4.57 Å². The van der Waals surface area contributed by atoms with E-state index in [1.807, 2.05) is 18.2 Å². The largest absolute Gasteiger partial charge is 0.343 e. The molecular weight excluding hydrogens is 301 g/mol. The highest BCUT2D eigenvalue weighted by Crippen LogP contribution is 2.28. The summed E-state index contributed by atoms with van der Waals surface area (Å²) >= 11 is 12.5. The Kier molecular flexibility index (Phi) is 3.97. The molecule has 0 bridgehead atoms. The van der Waals surface area contributed by atoms with Crippen molar-refractivity contribution in [1.29, 1.82) is 0 Å². The molecule has 1 heterocycles. The molecule has 1 nitrogen and oxygen atoms in total. The molecule has 0 atom stereocenters. The summed E-state index contributed by atoms with van der Waals surface area (Å²) < 4.78 is 2.19. The van der Waals surface area contributed by atoms with Crippen LogP contribution < -0.4 is 0 Å². The first-order valence-corrected chi connectivity index (χ1v) is 7.83. The van der Waals surface area contributed by atoms with E-state index < -0.39 is 0 Å². The third-order valence-corrected chi connectivity index (χ3v) is 4.56. The minimum absolute atomic E-state index is 0.538. The van der Waals surface area contributed by atoms with Crippen molar-refractivity contribution in [1.82, 2.24) is 4.57 Å². The number of benzene rings is 2. The van der Waals surface area contributed by atoms with E-state index in [9.17, 15) is 0 Å². The quantitative estimate of drug-likeness (QED) is 0.548. The molecule has 21 heavy (non-hydrogen) atoms. The molecule has 0 unspecified atom stereocenters. The first-order valence-electron chi connectivity index (χ1n) is 7.08. The Bertz CT molecular complexity index is 767. The fourth-order valence-electron chi connectivity index (χ4n) is 2.57. The van der Waals surface area contributed by atoms with Crippen LogP contribution in [0, 0.1) is 0 Å². The molecule has 1 aromatic heterocycles. The molecular formula is C18H17Cl2N. The summed E-state index contributed by atoms with van der Waals surface area (Å²) in [6, 6.07) is 14.4. The minimum Gasteiger partial charge on any atom is -0.343 e. The average Bonchev–Trinajstić information content (AvgIpc) is 2.85. The van der Waals surface area contributed by atoms with Crippen molar-refractivity contribution in [2.45, 2.75) is 26.3 Å². The predicted molar refractivity (Wildman–Crippen MR) is 91.6 cm³/mol. The van der Waals surface area contributed by atoms with Gasteiger partial charge in [0, 0.05) is 27.3 Å². The SMILES string of the molecule is CC(C)c1ccc2c(ccn2Cc2c(Cl)cccc2Cl)c1. The van der Waals surface area contributed by atoms with E-state index in [4.69, 9.17) is 23.2 Å². The Morgan fingerprint density at radius 2 is 1.71 bits per heavy atom. The lowest BCUT2D eigenvalue weighted by atomic mass is 10.0. The van der Waals surface area contributed by atoms with E-state index in [-0.39, 0.29) is 0 Å². The maximum atomic E-state index is 6.27. The molecule has 0 aliphatic carbocycles. The zero-order chi connectivity index (χ0) is 15.0. The molecule has 0 aliphatic rings. The van der Waals surface area contributed by atoms with Crippen molar-refractivity contribution in [3.8, 4) is 0 Å². The van der Waals surface area contributed by atoms with Crippen molar-refractivity contribution < 1.29 is 0 Å². The van der Waals surface area contributed by atoms with E-state index in [0.29, 0.717) is 22.5 Å². The average molecular weight is 318 g/mol. The summed E-state index contributed by atoms with van der Waals surface area (Å²) in [5.74, 6) is 0.538. The van der Waals surface area contributed by atoms with Gasteiger partial charge in [-0.1, -0.05) is 49.2 Å². The van der Waals surface area contributed by atoms with E-state index in [0.717, 1.165) is 5.56 Å². The topological polar surface area (TPSA) is 4.93 Å². The Morgan fingerprint density at radius 1 is 1.00 bits per heavy atom. The van der Waals surface area contributed by atoms with Gasteiger partial charge in [-0.2, -0.15) is 0 Å². The van der Waals surface area contributed by atoms with Gasteiger partial charge in [-0.25, -0.2) is 0 Å². The predicted octanol–water partition coefficient (Wildman–Crippen LogP) is 6.12. The summed E-state index contributed by atoms with van der Waals surface area (Å²) in [4.78, 5) is 0. The van der Waals surface area contributed by atoms with E-state index in [2.05, 4.69) is 48.9 Å². The van der Waals surface area contributed by atoms with Crippen LogP contribution in [0.15, 0.2) is 48.7 Å². The third-order valence-electron chi connectivity index (χ3n) is 3.85. The van der Waals surface area contributed by atoms with Gasteiger partial charge in [-0.15, -0.1) is 0 Å². The van der Waals surface area contributed by atoms with Crippen LogP contribution in [0.2, 0.25) is 10.0 Å². The lowest BCUT2D eigenvalue weighted by Crippen LogP contribution is -1.99. The lowest BCUT2D eigenvalue weighted by molar-refractivity contribution is 0.835. The molecule has 0 fully saturated rings. The Labute approximate surface area is 135 Å². The van der Waals surface area contributed by atoms with E-state index in [1.54, 1.807) is 0 Å². The normalized spacial score (nSPS) is 11.5. The number of hydrogen-bond donors (Lipinski definition) is 0. The maximum absolute atomic E-state index is 6.27. The highest BCUT2D eigenvalue weighted by molar-refractivity contribution is 6.36. The number of nitrogens with zero attached hydrogens (tertiary/aromatic N) is 1. The van der Waals surface area contributed by atoms with Gasteiger partial charge >= 0.3 is 0 Å². The second-order valence-corrected chi connectivity index (χ2v) is 6.43. The highest BCUT2D eigenvalue weighted by atomic mass is 35.5. The van der Waals surface area contributed by atoms with Gasteiger partial charge in [0.2, 0.25) is 0 Å². The van der Waals surface area contributed by atoms with Gasteiger partial charge in [-0.05, 0) is 47.2 Å². The Hall–Kier alpha value is -1.44. The summed E-state index contributed by atoms with van der Waals surface area (Å²) in [5, 5.41) is 2.68. The van der Waals surface area contributed by atoms with Crippen LogP contribution in [0.1, 0.15) is 30.9 Å². The van der Waals surface area contributed by atoms with Crippen molar-refractivity contribution in [3.05, 3.63) is 69.8 Å². The molecule has 0 saturated heterocycles. The number of rotatable bonds is 3. The van der Waals surface area contributed by atoms with Crippen LogP contribution in [-0.2, 0) is 6.54 Å². The van der Waals surface area contributed by atoms with Gasteiger partial charge in [0.15, 0.2) is 0 Å². The van der Waals surface area contributed by atoms with Crippen molar-refractivity contribution in [2.75, 3.05) is 0 Å². The van der Waals surface area contributed by atoms with Crippen LogP contribution in [0.3, 0.4) is 0 Å².